The fourth-order valence-electron chi connectivity index (χ4n) is 2.28. The van der Waals surface area contributed by atoms with Gasteiger partial charge in [-0.3, -0.25) is 4.79 Å². The Morgan fingerprint density at radius 2 is 1.48 bits per heavy atom. The minimum absolute atomic E-state index is 0.0434. The van der Waals surface area contributed by atoms with Gasteiger partial charge in [0.05, 0.1) is 5.92 Å². The van der Waals surface area contributed by atoms with Gasteiger partial charge in [-0.05, 0) is 11.1 Å². The van der Waals surface area contributed by atoms with Crippen LogP contribution in [0.15, 0.2) is 65.2 Å². The number of hydrogen-bond donors (Lipinski definition) is 0. The summed E-state index contributed by atoms with van der Waals surface area (Å²) in [4.78, 5) is 15.6. The van der Waals surface area contributed by atoms with E-state index in [-0.39, 0.29) is 17.6 Å². The van der Waals surface area contributed by atoms with Crippen molar-refractivity contribution in [3.63, 3.8) is 0 Å². The molecule has 0 bridgehead atoms. The van der Waals surface area contributed by atoms with E-state index in [0.29, 0.717) is 5.82 Å². The van der Waals surface area contributed by atoms with Gasteiger partial charge in [0.15, 0.2) is 5.82 Å². The Bertz CT molecular complexity index is 696. The number of aromatic nitrogens is 2. The van der Waals surface area contributed by atoms with Gasteiger partial charge in [-0.15, -0.1) is 0 Å². The summed E-state index contributed by atoms with van der Waals surface area (Å²) in [6.45, 7) is 1.41. The van der Waals surface area contributed by atoms with Crippen LogP contribution in [0.4, 0.5) is 0 Å². The number of rotatable bonds is 4. The molecule has 0 unspecified atom stereocenters. The Morgan fingerprint density at radius 1 is 0.952 bits per heavy atom. The fraction of sp³-hybridized carbons (Fsp3) is 0.118. The highest BCUT2D eigenvalue weighted by atomic mass is 16.5. The highest BCUT2D eigenvalue weighted by Crippen LogP contribution is 2.29. The molecule has 0 aliphatic carbocycles. The van der Waals surface area contributed by atoms with E-state index in [9.17, 15) is 4.79 Å². The summed E-state index contributed by atoms with van der Waals surface area (Å²) in [5, 5.41) is 3.98. The molecule has 0 spiro atoms. The molecule has 4 nitrogen and oxygen atoms in total. The molecule has 2 aromatic carbocycles. The minimum Gasteiger partial charge on any atom is -0.331 e. The molecule has 0 atom stereocenters. The summed E-state index contributed by atoms with van der Waals surface area (Å²) in [6.07, 6.45) is 0. The first kappa shape index (κ1) is 13.2. The Labute approximate surface area is 122 Å². The molecule has 1 aromatic heterocycles. The van der Waals surface area contributed by atoms with Crippen LogP contribution in [0.2, 0.25) is 0 Å². The van der Waals surface area contributed by atoms with Gasteiger partial charge in [0.25, 0.3) is 5.89 Å². The summed E-state index contributed by atoms with van der Waals surface area (Å²) in [6, 6.07) is 19.9. The molecule has 0 aliphatic rings. The molecule has 3 aromatic rings. The smallest absolute Gasteiger partial charge is 0.293 e. The first-order valence-corrected chi connectivity index (χ1v) is 6.70. The van der Waals surface area contributed by atoms with Crippen molar-refractivity contribution < 1.29 is 9.32 Å². The summed E-state index contributed by atoms with van der Waals surface area (Å²) >= 11 is 0. The van der Waals surface area contributed by atoms with Crippen LogP contribution in [0.3, 0.4) is 0 Å². The largest absolute Gasteiger partial charge is 0.331 e. The van der Waals surface area contributed by atoms with Crippen LogP contribution in [-0.4, -0.2) is 15.9 Å². The summed E-state index contributed by atoms with van der Waals surface area (Å²) in [7, 11) is 0. The van der Waals surface area contributed by atoms with Crippen molar-refractivity contribution in [1.29, 1.82) is 0 Å². The zero-order valence-corrected chi connectivity index (χ0v) is 11.6. The number of carbonyl (C=O) groups excluding carboxylic acids is 1. The molecular weight excluding hydrogens is 264 g/mol. The van der Waals surface area contributed by atoms with Gasteiger partial charge in [-0.25, -0.2) is 0 Å². The van der Waals surface area contributed by atoms with Gasteiger partial charge in [-0.2, -0.15) is 4.98 Å². The maximum absolute atomic E-state index is 11.4. The van der Waals surface area contributed by atoms with E-state index in [1.807, 2.05) is 60.7 Å². The second kappa shape index (κ2) is 5.71. The van der Waals surface area contributed by atoms with Crippen molar-refractivity contribution in [2.75, 3.05) is 0 Å². The lowest BCUT2D eigenvalue weighted by molar-refractivity contribution is 0.0972. The van der Waals surface area contributed by atoms with Crippen LogP contribution in [0, 0.1) is 0 Å². The first-order valence-electron chi connectivity index (χ1n) is 6.70. The molecule has 0 saturated heterocycles. The highest BCUT2D eigenvalue weighted by Gasteiger charge is 2.23. The Kier molecular flexibility index (Phi) is 3.60. The molecule has 0 aliphatic heterocycles. The molecule has 0 saturated carbocycles. The molecule has 1 heterocycles. The third kappa shape index (κ3) is 2.74. The SMILES string of the molecule is CC(=O)c1nc(C(c2ccccc2)c2ccccc2)no1. The van der Waals surface area contributed by atoms with E-state index >= 15 is 0 Å². The van der Waals surface area contributed by atoms with Gasteiger partial charge in [0.1, 0.15) is 0 Å². The molecule has 104 valence electrons. The van der Waals surface area contributed by atoms with E-state index in [0.717, 1.165) is 11.1 Å². The lowest BCUT2D eigenvalue weighted by Gasteiger charge is -2.13. The van der Waals surface area contributed by atoms with Crippen molar-refractivity contribution in [2.24, 2.45) is 0 Å². The number of nitrogens with zero attached hydrogens (tertiary/aromatic N) is 2. The quantitative estimate of drug-likeness (QED) is 0.686. The van der Waals surface area contributed by atoms with Gasteiger partial charge in [-0.1, -0.05) is 65.8 Å². The highest BCUT2D eigenvalue weighted by molar-refractivity contribution is 5.89. The summed E-state index contributed by atoms with van der Waals surface area (Å²) in [5.41, 5.74) is 2.11. The van der Waals surface area contributed by atoms with Crippen LogP contribution < -0.4 is 0 Å². The molecule has 21 heavy (non-hydrogen) atoms. The molecule has 0 radical (unpaired) electrons. The van der Waals surface area contributed by atoms with E-state index in [4.69, 9.17) is 4.52 Å². The fourth-order valence-corrected chi connectivity index (χ4v) is 2.28. The van der Waals surface area contributed by atoms with Crippen molar-refractivity contribution in [1.82, 2.24) is 10.1 Å². The van der Waals surface area contributed by atoms with Gasteiger partial charge in [0.2, 0.25) is 5.78 Å². The maximum atomic E-state index is 11.4. The monoisotopic (exact) mass is 278 g/mol. The van der Waals surface area contributed by atoms with Gasteiger partial charge < -0.3 is 4.52 Å². The predicted molar refractivity (Wildman–Crippen MR) is 78.1 cm³/mol. The Hall–Kier alpha value is -2.75. The van der Waals surface area contributed by atoms with Crippen LogP contribution in [0.1, 0.15) is 40.5 Å². The van der Waals surface area contributed by atoms with Crippen LogP contribution in [0.5, 0.6) is 0 Å². The lowest BCUT2D eigenvalue weighted by Crippen LogP contribution is -2.05. The number of hydrogen-bond acceptors (Lipinski definition) is 4. The minimum atomic E-state index is -0.228. The second-order valence-electron chi connectivity index (χ2n) is 4.77. The van der Waals surface area contributed by atoms with E-state index in [1.165, 1.54) is 6.92 Å². The third-order valence-corrected chi connectivity index (χ3v) is 3.27. The molecule has 0 amide bonds. The number of benzene rings is 2. The van der Waals surface area contributed by atoms with Crippen molar-refractivity contribution in [3.05, 3.63) is 83.5 Å². The average Bonchev–Trinajstić information content (AvgIpc) is 3.00. The molecule has 0 N–H and O–H groups in total. The normalized spacial score (nSPS) is 10.8. The number of ketones is 1. The number of Topliss-reactive ketones (excluding diaryl/α,β-unsaturated/α-hetero) is 1. The number of carbonyl (C=O) groups is 1. The van der Waals surface area contributed by atoms with Crippen molar-refractivity contribution >= 4 is 5.78 Å². The molecular formula is C17H14N2O2. The molecule has 4 heteroatoms. The molecule has 3 rings (SSSR count). The second-order valence-corrected chi connectivity index (χ2v) is 4.77. The zero-order chi connectivity index (χ0) is 14.7. The summed E-state index contributed by atoms with van der Waals surface area (Å²) in [5.74, 6) is 0.164. The summed E-state index contributed by atoms with van der Waals surface area (Å²) < 4.78 is 5.04. The van der Waals surface area contributed by atoms with Crippen molar-refractivity contribution in [2.45, 2.75) is 12.8 Å². The van der Waals surface area contributed by atoms with Crippen molar-refractivity contribution in [3.8, 4) is 0 Å². The standard InChI is InChI=1S/C17H14N2O2/c1-12(20)17-18-16(19-21-17)15(13-8-4-2-5-9-13)14-10-6-3-7-11-14/h2-11,15H,1H3. The van der Waals surface area contributed by atoms with E-state index in [2.05, 4.69) is 10.1 Å². The van der Waals surface area contributed by atoms with Gasteiger partial charge in [0, 0.05) is 6.92 Å². The van der Waals surface area contributed by atoms with Crippen LogP contribution >= 0.6 is 0 Å². The van der Waals surface area contributed by atoms with E-state index < -0.39 is 0 Å². The Morgan fingerprint density at radius 3 is 1.90 bits per heavy atom. The maximum Gasteiger partial charge on any atom is 0.293 e. The van der Waals surface area contributed by atoms with Crippen LogP contribution in [-0.2, 0) is 0 Å². The first-order chi connectivity index (χ1) is 10.3. The predicted octanol–water partition coefficient (Wildman–Crippen LogP) is 3.45. The third-order valence-electron chi connectivity index (χ3n) is 3.27. The van der Waals surface area contributed by atoms with Crippen LogP contribution in [0.25, 0.3) is 0 Å². The lowest BCUT2D eigenvalue weighted by atomic mass is 9.91. The zero-order valence-electron chi connectivity index (χ0n) is 11.6. The average molecular weight is 278 g/mol. The molecule has 0 fully saturated rings. The topological polar surface area (TPSA) is 56.0 Å². The van der Waals surface area contributed by atoms with Gasteiger partial charge >= 0.3 is 0 Å². The van der Waals surface area contributed by atoms with E-state index in [1.54, 1.807) is 0 Å². The Balaban J connectivity index is 2.10.